The lowest BCUT2D eigenvalue weighted by atomic mass is 10.3. The fourth-order valence-electron chi connectivity index (χ4n) is 0.651. The zero-order chi connectivity index (χ0) is 12.3. The van der Waals surface area contributed by atoms with E-state index in [1.54, 1.807) is 6.08 Å². The van der Waals surface area contributed by atoms with Crippen molar-refractivity contribution in [1.29, 1.82) is 0 Å². The van der Waals surface area contributed by atoms with Crippen molar-refractivity contribution in [2.75, 3.05) is 34.3 Å². The Morgan fingerprint density at radius 2 is 1.87 bits per heavy atom. The van der Waals surface area contributed by atoms with Gasteiger partial charge < -0.3 is 14.7 Å². The maximum atomic E-state index is 9.79. The molecule has 0 aromatic rings. The number of carbonyl (C=O) groups is 1. The number of unbranched alkanes of at least 4 members (excludes halogenated alkanes) is 1. The summed E-state index contributed by atoms with van der Waals surface area (Å²) < 4.78 is 0.844. The van der Waals surface area contributed by atoms with E-state index in [-0.39, 0.29) is 6.61 Å². The molecular weight excluding hydrogens is 194 g/mol. The number of aliphatic hydroxyl groups excluding tert-OH is 1. The summed E-state index contributed by atoms with van der Waals surface area (Å²) in [6.07, 6.45) is 4.68. The van der Waals surface area contributed by atoms with Gasteiger partial charge >= 0.3 is 5.97 Å². The standard InChI is InChI=1S/C6H10O2.C5H14NO/c1-2-3-4-5-6(7)8;1-6(2,3)4-5-7/h4-5H,2-3H2,1H3,(H,7,8);7H,4-5H2,1-3H3/q;+1. The first-order valence-electron chi connectivity index (χ1n) is 5.14. The largest absolute Gasteiger partial charge is 0.478 e. The topological polar surface area (TPSA) is 57.5 Å². The Labute approximate surface area is 92.4 Å². The van der Waals surface area contributed by atoms with Crippen LogP contribution in [0.15, 0.2) is 12.2 Å². The molecule has 0 spiro atoms. The van der Waals surface area contributed by atoms with Gasteiger partial charge in [0.25, 0.3) is 0 Å². The molecule has 90 valence electrons. The fourth-order valence-corrected chi connectivity index (χ4v) is 0.651. The Morgan fingerprint density at radius 3 is 2.07 bits per heavy atom. The highest BCUT2D eigenvalue weighted by Gasteiger charge is 2.02. The molecule has 0 saturated carbocycles. The van der Waals surface area contributed by atoms with E-state index in [2.05, 4.69) is 21.1 Å². The summed E-state index contributed by atoms with van der Waals surface area (Å²) in [7, 11) is 6.16. The summed E-state index contributed by atoms with van der Waals surface area (Å²) >= 11 is 0. The second-order valence-electron chi connectivity index (χ2n) is 4.27. The van der Waals surface area contributed by atoms with Crippen LogP contribution in [0.5, 0.6) is 0 Å². The zero-order valence-electron chi connectivity index (χ0n) is 10.2. The molecule has 0 fully saturated rings. The number of quaternary nitrogens is 1. The minimum atomic E-state index is -0.863. The molecule has 0 bridgehead atoms. The van der Waals surface area contributed by atoms with Gasteiger partial charge in [0.05, 0.1) is 27.7 Å². The number of allylic oxidation sites excluding steroid dienone is 1. The van der Waals surface area contributed by atoms with E-state index in [9.17, 15) is 4.79 Å². The number of hydrogen-bond acceptors (Lipinski definition) is 2. The van der Waals surface area contributed by atoms with E-state index in [0.29, 0.717) is 0 Å². The molecule has 4 heteroatoms. The number of carboxylic acid groups (broad SMARTS) is 1. The quantitative estimate of drug-likeness (QED) is 0.537. The van der Waals surface area contributed by atoms with Gasteiger partial charge in [0.1, 0.15) is 6.54 Å². The number of nitrogens with zero attached hydrogens (tertiary/aromatic N) is 1. The number of rotatable bonds is 5. The molecule has 0 aromatic heterocycles. The molecule has 0 aliphatic heterocycles. The highest BCUT2D eigenvalue weighted by atomic mass is 16.4. The Morgan fingerprint density at radius 1 is 1.33 bits per heavy atom. The van der Waals surface area contributed by atoms with Gasteiger partial charge in [-0.15, -0.1) is 0 Å². The summed E-state index contributed by atoms with van der Waals surface area (Å²) in [6.45, 7) is 3.12. The maximum absolute atomic E-state index is 9.79. The van der Waals surface area contributed by atoms with Crippen LogP contribution in [0.4, 0.5) is 0 Å². The van der Waals surface area contributed by atoms with Crippen LogP contribution >= 0.6 is 0 Å². The lowest BCUT2D eigenvalue weighted by Crippen LogP contribution is -2.36. The van der Waals surface area contributed by atoms with Gasteiger partial charge in [0.15, 0.2) is 0 Å². The lowest BCUT2D eigenvalue weighted by Gasteiger charge is -2.21. The van der Waals surface area contributed by atoms with Gasteiger partial charge in [-0.25, -0.2) is 4.79 Å². The molecular formula is C11H24NO3+. The van der Waals surface area contributed by atoms with Crippen LogP contribution in [0.3, 0.4) is 0 Å². The summed E-state index contributed by atoms with van der Waals surface area (Å²) in [5.74, 6) is -0.863. The second kappa shape index (κ2) is 9.68. The predicted octanol–water partition coefficient (Wildman–Crippen LogP) is 1.11. The van der Waals surface area contributed by atoms with E-state index >= 15 is 0 Å². The first-order chi connectivity index (χ1) is 6.83. The van der Waals surface area contributed by atoms with E-state index in [1.807, 2.05) is 6.92 Å². The van der Waals surface area contributed by atoms with Gasteiger partial charge in [0, 0.05) is 6.08 Å². The second-order valence-corrected chi connectivity index (χ2v) is 4.27. The van der Waals surface area contributed by atoms with Crippen LogP contribution in [0.2, 0.25) is 0 Å². The number of aliphatic carboxylic acids is 1. The number of carboxylic acids is 1. The van der Waals surface area contributed by atoms with Crippen LogP contribution < -0.4 is 0 Å². The van der Waals surface area contributed by atoms with Crippen LogP contribution in [-0.4, -0.2) is 55.0 Å². The zero-order valence-corrected chi connectivity index (χ0v) is 10.2. The van der Waals surface area contributed by atoms with Crippen molar-refractivity contribution in [3.63, 3.8) is 0 Å². The SMILES string of the molecule is CCCC=CC(=O)O.C[N+](C)(C)CCO. The monoisotopic (exact) mass is 218 g/mol. The van der Waals surface area contributed by atoms with E-state index in [0.717, 1.165) is 23.9 Å². The molecule has 0 aliphatic carbocycles. The van der Waals surface area contributed by atoms with Crippen molar-refractivity contribution < 1.29 is 19.5 Å². The number of likely N-dealkylation sites (N-methyl/N-ethyl adjacent to an activating group) is 1. The minimum absolute atomic E-state index is 0.281. The third-order valence-corrected chi connectivity index (χ3v) is 1.49. The van der Waals surface area contributed by atoms with E-state index in [4.69, 9.17) is 10.2 Å². The molecule has 0 atom stereocenters. The normalized spacial score (nSPS) is 11.0. The minimum Gasteiger partial charge on any atom is -0.478 e. The van der Waals surface area contributed by atoms with Gasteiger partial charge in [-0.05, 0) is 6.42 Å². The lowest BCUT2D eigenvalue weighted by molar-refractivity contribution is -0.870. The summed E-state index contributed by atoms with van der Waals surface area (Å²) in [5.41, 5.74) is 0. The Kier molecular flexibility index (Phi) is 10.7. The molecule has 0 aromatic carbocycles. The van der Waals surface area contributed by atoms with Crippen molar-refractivity contribution in [2.24, 2.45) is 0 Å². The van der Waals surface area contributed by atoms with Gasteiger partial charge in [-0.3, -0.25) is 0 Å². The molecule has 2 N–H and O–H groups in total. The van der Waals surface area contributed by atoms with Crippen LogP contribution in [0, 0.1) is 0 Å². The fraction of sp³-hybridized carbons (Fsp3) is 0.727. The molecule has 0 rings (SSSR count). The number of aliphatic hydroxyl groups is 1. The van der Waals surface area contributed by atoms with Crippen molar-refractivity contribution in [1.82, 2.24) is 0 Å². The molecule has 0 unspecified atom stereocenters. The average Bonchev–Trinajstić information content (AvgIpc) is 2.02. The van der Waals surface area contributed by atoms with Crippen molar-refractivity contribution in [3.8, 4) is 0 Å². The Balaban J connectivity index is 0. The highest BCUT2D eigenvalue weighted by molar-refractivity contribution is 5.79. The summed E-state index contributed by atoms with van der Waals surface area (Å²) in [5, 5.41) is 16.4. The van der Waals surface area contributed by atoms with Gasteiger partial charge in [0.2, 0.25) is 0 Å². The Hall–Kier alpha value is -0.870. The molecule has 0 saturated heterocycles. The van der Waals surface area contributed by atoms with Crippen molar-refractivity contribution in [2.45, 2.75) is 19.8 Å². The molecule has 0 aliphatic rings. The van der Waals surface area contributed by atoms with Gasteiger partial charge in [-0.2, -0.15) is 0 Å². The molecule has 4 nitrogen and oxygen atoms in total. The van der Waals surface area contributed by atoms with Gasteiger partial charge in [-0.1, -0.05) is 19.4 Å². The molecule has 15 heavy (non-hydrogen) atoms. The molecule has 0 amide bonds. The average molecular weight is 218 g/mol. The van der Waals surface area contributed by atoms with Crippen LogP contribution in [-0.2, 0) is 4.79 Å². The molecule has 0 radical (unpaired) electrons. The number of hydrogen-bond donors (Lipinski definition) is 2. The maximum Gasteiger partial charge on any atom is 0.327 e. The first kappa shape index (κ1) is 16.6. The Bertz CT molecular complexity index is 183. The van der Waals surface area contributed by atoms with Crippen LogP contribution in [0.25, 0.3) is 0 Å². The van der Waals surface area contributed by atoms with Crippen LogP contribution in [0.1, 0.15) is 19.8 Å². The third kappa shape index (κ3) is 24.6. The first-order valence-corrected chi connectivity index (χ1v) is 5.14. The molecule has 0 heterocycles. The van der Waals surface area contributed by atoms with Crippen molar-refractivity contribution in [3.05, 3.63) is 12.2 Å². The van der Waals surface area contributed by atoms with E-state index < -0.39 is 5.97 Å². The summed E-state index contributed by atoms with van der Waals surface area (Å²) in [6, 6.07) is 0. The van der Waals surface area contributed by atoms with Crippen molar-refractivity contribution >= 4 is 5.97 Å². The van der Waals surface area contributed by atoms with E-state index in [1.165, 1.54) is 6.08 Å². The summed E-state index contributed by atoms with van der Waals surface area (Å²) in [4.78, 5) is 9.79. The third-order valence-electron chi connectivity index (χ3n) is 1.49. The smallest absolute Gasteiger partial charge is 0.327 e. The highest BCUT2D eigenvalue weighted by Crippen LogP contribution is 1.86. The predicted molar refractivity (Wildman–Crippen MR) is 61.7 cm³/mol.